The summed E-state index contributed by atoms with van der Waals surface area (Å²) >= 11 is 0. The van der Waals surface area contributed by atoms with Crippen LogP contribution in [0, 0.1) is 0 Å². The normalized spacial score (nSPS) is 18.9. The van der Waals surface area contributed by atoms with Crippen LogP contribution in [0.4, 0.5) is 0 Å². The molecule has 2 heterocycles. The zero-order chi connectivity index (χ0) is 33.8. The third-order valence-corrected chi connectivity index (χ3v) is 10.8. The Hall–Kier alpha value is -4.46. The SMILES string of the molecule is COc1cc(CN2CCC[C@H]2C(O)(c2ccccc2)c2ccccc2)c(O)c(CN2CCC[C@H]2C(O)(c2ccccc2)c2ccccc2)c1. The lowest BCUT2D eigenvalue weighted by molar-refractivity contribution is -0.00736. The molecule has 2 saturated heterocycles. The number of ether oxygens (including phenoxy) is 1. The number of aliphatic hydroxyl groups is 2. The van der Waals surface area contributed by atoms with E-state index in [1.165, 1.54) is 0 Å². The van der Waals surface area contributed by atoms with Crippen LogP contribution in [0.5, 0.6) is 11.5 Å². The average molecular weight is 655 g/mol. The molecule has 6 nitrogen and oxygen atoms in total. The van der Waals surface area contributed by atoms with E-state index >= 15 is 0 Å². The van der Waals surface area contributed by atoms with Crippen molar-refractivity contribution >= 4 is 0 Å². The Labute approximate surface area is 289 Å². The second kappa shape index (κ2) is 14.2. The highest BCUT2D eigenvalue weighted by molar-refractivity contribution is 5.47. The smallest absolute Gasteiger partial charge is 0.130 e. The molecular weight excluding hydrogens is 608 g/mol. The van der Waals surface area contributed by atoms with E-state index in [1.807, 2.05) is 133 Å². The van der Waals surface area contributed by atoms with Crippen LogP contribution < -0.4 is 4.74 Å². The van der Waals surface area contributed by atoms with Crippen LogP contribution in [-0.4, -0.2) is 57.4 Å². The maximum atomic E-state index is 12.7. The van der Waals surface area contributed by atoms with Gasteiger partial charge < -0.3 is 20.1 Å². The summed E-state index contributed by atoms with van der Waals surface area (Å²) < 4.78 is 5.80. The Balaban J connectivity index is 1.21. The Morgan fingerprint density at radius 2 is 0.898 bits per heavy atom. The Morgan fingerprint density at radius 3 is 1.20 bits per heavy atom. The minimum Gasteiger partial charge on any atom is -0.507 e. The molecule has 0 aromatic heterocycles. The first-order chi connectivity index (χ1) is 23.9. The summed E-state index contributed by atoms with van der Waals surface area (Å²) in [6, 6.07) is 43.2. The van der Waals surface area contributed by atoms with Gasteiger partial charge in [0.05, 0.1) is 7.11 Å². The summed E-state index contributed by atoms with van der Waals surface area (Å²) in [5.74, 6) is 0.917. The molecule has 0 spiro atoms. The Kier molecular flexibility index (Phi) is 9.57. The Bertz CT molecular complexity index is 1610. The summed E-state index contributed by atoms with van der Waals surface area (Å²) in [7, 11) is 1.66. The number of nitrogens with zero attached hydrogens (tertiary/aromatic N) is 2. The van der Waals surface area contributed by atoms with E-state index in [2.05, 4.69) is 9.80 Å². The van der Waals surface area contributed by atoms with Crippen molar-refractivity contribution in [3.05, 3.63) is 167 Å². The number of aromatic hydroxyl groups is 1. The lowest BCUT2D eigenvalue weighted by Gasteiger charge is -2.41. The van der Waals surface area contributed by atoms with E-state index in [0.717, 1.165) is 72.2 Å². The van der Waals surface area contributed by atoms with E-state index in [0.29, 0.717) is 18.8 Å². The first-order valence-electron chi connectivity index (χ1n) is 17.5. The van der Waals surface area contributed by atoms with Gasteiger partial charge in [-0.3, -0.25) is 9.80 Å². The number of methoxy groups -OCH3 is 1. The molecule has 2 aliphatic heterocycles. The quantitative estimate of drug-likeness (QED) is 0.140. The van der Waals surface area contributed by atoms with Crippen LogP contribution in [0.3, 0.4) is 0 Å². The molecule has 2 fully saturated rings. The summed E-state index contributed by atoms with van der Waals surface area (Å²) in [6.07, 6.45) is 3.53. The first kappa shape index (κ1) is 33.1. The number of benzene rings is 5. The van der Waals surface area contributed by atoms with E-state index < -0.39 is 11.2 Å². The van der Waals surface area contributed by atoms with E-state index in [9.17, 15) is 15.3 Å². The Morgan fingerprint density at radius 1 is 0.571 bits per heavy atom. The zero-order valence-electron chi connectivity index (χ0n) is 28.2. The fraction of sp³-hybridized carbons (Fsp3) is 0.302. The van der Waals surface area contributed by atoms with Crippen molar-refractivity contribution in [1.29, 1.82) is 0 Å². The van der Waals surface area contributed by atoms with Gasteiger partial charge >= 0.3 is 0 Å². The molecule has 5 aromatic rings. The highest BCUT2D eigenvalue weighted by Crippen LogP contribution is 2.44. The summed E-state index contributed by atoms with van der Waals surface area (Å²) in [6.45, 7) is 2.52. The van der Waals surface area contributed by atoms with Gasteiger partial charge in [0.1, 0.15) is 22.7 Å². The molecule has 0 aliphatic carbocycles. The van der Waals surface area contributed by atoms with Crippen LogP contribution in [0.25, 0.3) is 0 Å². The van der Waals surface area contributed by atoms with Crippen molar-refractivity contribution in [3.63, 3.8) is 0 Å². The molecule has 7 rings (SSSR count). The predicted octanol–water partition coefficient (Wildman–Crippen LogP) is 7.20. The van der Waals surface area contributed by atoms with Gasteiger partial charge in [-0.1, -0.05) is 121 Å². The van der Waals surface area contributed by atoms with Gasteiger partial charge in [-0.2, -0.15) is 0 Å². The maximum Gasteiger partial charge on any atom is 0.130 e. The van der Waals surface area contributed by atoms with Gasteiger partial charge in [0.15, 0.2) is 0 Å². The van der Waals surface area contributed by atoms with E-state index in [-0.39, 0.29) is 17.8 Å². The molecule has 0 unspecified atom stereocenters. The summed E-state index contributed by atoms with van der Waals surface area (Å²) in [5.41, 5.74) is 2.52. The van der Waals surface area contributed by atoms with Crippen molar-refractivity contribution in [1.82, 2.24) is 9.80 Å². The number of phenolic OH excluding ortho intramolecular Hbond substituents is 1. The largest absolute Gasteiger partial charge is 0.507 e. The molecule has 0 amide bonds. The minimum absolute atomic E-state index is 0.193. The second-order valence-corrected chi connectivity index (χ2v) is 13.5. The van der Waals surface area contributed by atoms with Crippen molar-refractivity contribution < 1.29 is 20.1 Å². The number of hydrogen-bond acceptors (Lipinski definition) is 6. The predicted molar refractivity (Wildman–Crippen MR) is 193 cm³/mol. The van der Waals surface area contributed by atoms with E-state index in [4.69, 9.17) is 4.74 Å². The average Bonchev–Trinajstić information content (AvgIpc) is 3.84. The van der Waals surface area contributed by atoms with Gasteiger partial charge in [0, 0.05) is 36.3 Å². The van der Waals surface area contributed by atoms with Crippen molar-refractivity contribution in [2.75, 3.05) is 20.2 Å². The topological polar surface area (TPSA) is 76.4 Å². The molecule has 252 valence electrons. The van der Waals surface area contributed by atoms with Gasteiger partial charge in [0.2, 0.25) is 0 Å². The molecule has 3 N–H and O–H groups in total. The fourth-order valence-electron chi connectivity index (χ4n) is 8.37. The highest BCUT2D eigenvalue weighted by atomic mass is 16.5. The van der Waals surface area contributed by atoms with Gasteiger partial charge in [0.25, 0.3) is 0 Å². The number of phenols is 1. The third kappa shape index (κ3) is 6.26. The number of hydrogen-bond donors (Lipinski definition) is 3. The molecule has 49 heavy (non-hydrogen) atoms. The van der Waals surface area contributed by atoms with Crippen LogP contribution in [0.1, 0.15) is 59.1 Å². The van der Waals surface area contributed by atoms with Crippen LogP contribution in [0.15, 0.2) is 133 Å². The minimum atomic E-state index is -1.22. The molecule has 0 bridgehead atoms. The second-order valence-electron chi connectivity index (χ2n) is 13.5. The van der Waals surface area contributed by atoms with Gasteiger partial charge in [-0.05, 0) is 73.2 Å². The summed E-state index contributed by atoms with van der Waals surface area (Å²) in [5, 5.41) is 37.2. The molecule has 6 heteroatoms. The van der Waals surface area contributed by atoms with Crippen molar-refractivity contribution in [2.45, 2.75) is 62.1 Å². The monoisotopic (exact) mass is 654 g/mol. The van der Waals surface area contributed by atoms with Crippen molar-refractivity contribution in [3.8, 4) is 11.5 Å². The maximum absolute atomic E-state index is 12.7. The van der Waals surface area contributed by atoms with Crippen LogP contribution in [0.2, 0.25) is 0 Å². The summed E-state index contributed by atoms with van der Waals surface area (Å²) in [4.78, 5) is 4.61. The van der Waals surface area contributed by atoms with Crippen LogP contribution in [-0.2, 0) is 24.3 Å². The molecular formula is C43H46N2O4. The molecule has 2 atom stereocenters. The number of rotatable bonds is 11. The molecule has 0 saturated carbocycles. The standard InChI is InChI=1S/C43H46N2O4/c1-49-38-28-32(30-44-26-14-24-39(44)42(47,34-16-6-2-7-17-34)35-18-8-3-9-19-35)41(46)33(29-38)31-45-27-15-25-40(45)43(48,36-20-10-4-11-21-36)37-22-12-5-13-23-37/h2-13,16-23,28-29,39-40,46-48H,14-15,24-27,30-31H2,1H3/t39-,40-/m0/s1. The lowest BCUT2D eigenvalue weighted by Crippen LogP contribution is -2.48. The third-order valence-electron chi connectivity index (χ3n) is 10.8. The van der Waals surface area contributed by atoms with Crippen LogP contribution >= 0.6 is 0 Å². The highest BCUT2D eigenvalue weighted by Gasteiger charge is 2.47. The molecule has 2 aliphatic rings. The van der Waals surface area contributed by atoms with Gasteiger partial charge in [-0.15, -0.1) is 0 Å². The zero-order valence-corrected chi connectivity index (χ0v) is 28.2. The van der Waals surface area contributed by atoms with E-state index in [1.54, 1.807) is 7.11 Å². The lowest BCUT2D eigenvalue weighted by atomic mass is 9.79. The van der Waals surface area contributed by atoms with Gasteiger partial charge in [-0.25, -0.2) is 0 Å². The number of likely N-dealkylation sites (tertiary alicyclic amines) is 2. The fourth-order valence-corrected chi connectivity index (χ4v) is 8.37. The molecule has 5 aromatic carbocycles. The molecule has 0 radical (unpaired) electrons. The first-order valence-corrected chi connectivity index (χ1v) is 17.5. The van der Waals surface area contributed by atoms with Crippen molar-refractivity contribution in [2.24, 2.45) is 0 Å².